The Morgan fingerprint density at radius 3 is 2.33 bits per heavy atom. The quantitative estimate of drug-likeness (QED) is 0.574. The smallest absolute Gasteiger partial charge is 0.140 e. The van der Waals surface area contributed by atoms with E-state index in [1.54, 1.807) is 12.1 Å². The molecule has 128 valence electrons. The number of aryl methyl sites for hydroxylation is 3. The van der Waals surface area contributed by atoms with E-state index in [1.807, 2.05) is 26.8 Å². The summed E-state index contributed by atoms with van der Waals surface area (Å²) in [6, 6.07) is 13.9. The van der Waals surface area contributed by atoms with Crippen LogP contribution in [0.25, 0.3) is 0 Å². The molecule has 0 aliphatic rings. The summed E-state index contributed by atoms with van der Waals surface area (Å²) in [7, 11) is 0. The predicted molar refractivity (Wildman–Crippen MR) is 98.5 cm³/mol. The molecular formula is C21H27NO2. The monoisotopic (exact) mass is 325 g/mol. The van der Waals surface area contributed by atoms with E-state index in [4.69, 9.17) is 0 Å². The Labute approximate surface area is 144 Å². The molecular weight excluding hydrogens is 298 g/mol. The Morgan fingerprint density at radius 1 is 1.12 bits per heavy atom. The lowest BCUT2D eigenvalue weighted by atomic mass is 9.88. The largest absolute Gasteiger partial charge is 0.508 e. The number of rotatable bonds is 8. The molecule has 0 aliphatic carbocycles. The SMILES string of the molecule is Cc1cc(O)cc(C)c1CC(C)(C=O)NCCCc1ccccc1. The molecule has 3 nitrogen and oxygen atoms in total. The van der Waals surface area contributed by atoms with Crippen molar-refractivity contribution in [1.29, 1.82) is 0 Å². The van der Waals surface area contributed by atoms with Gasteiger partial charge in [0.25, 0.3) is 0 Å². The minimum absolute atomic E-state index is 0.275. The van der Waals surface area contributed by atoms with E-state index in [0.717, 1.165) is 42.4 Å². The number of aromatic hydroxyl groups is 1. The van der Waals surface area contributed by atoms with Crippen molar-refractivity contribution in [2.45, 2.75) is 45.6 Å². The van der Waals surface area contributed by atoms with Gasteiger partial charge in [0.1, 0.15) is 12.0 Å². The third-order valence-electron chi connectivity index (χ3n) is 4.50. The molecule has 3 heteroatoms. The fourth-order valence-electron chi connectivity index (χ4n) is 3.07. The minimum atomic E-state index is -0.594. The molecule has 2 aromatic rings. The molecule has 0 amide bonds. The minimum Gasteiger partial charge on any atom is -0.508 e. The van der Waals surface area contributed by atoms with Crippen LogP contribution in [0.2, 0.25) is 0 Å². The Balaban J connectivity index is 1.95. The zero-order valence-electron chi connectivity index (χ0n) is 14.8. The zero-order valence-corrected chi connectivity index (χ0v) is 14.8. The summed E-state index contributed by atoms with van der Waals surface area (Å²) in [6.45, 7) is 6.68. The number of phenolic OH excluding ortho intramolecular Hbond substituents is 1. The van der Waals surface area contributed by atoms with Gasteiger partial charge in [-0.25, -0.2) is 0 Å². The Bertz CT molecular complexity index is 658. The highest BCUT2D eigenvalue weighted by Crippen LogP contribution is 2.24. The first-order valence-corrected chi connectivity index (χ1v) is 8.48. The van der Waals surface area contributed by atoms with Crippen LogP contribution in [-0.2, 0) is 17.6 Å². The standard InChI is InChI=1S/C21H27NO2/c1-16-12-19(24)13-17(2)20(16)14-21(3,15-23)22-11-7-10-18-8-5-4-6-9-18/h4-6,8-9,12-13,15,22,24H,7,10-11,14H2,1-3H3. The molecule has 0 fully saturated rings. The van der Waals surface area contributed by atoms with Crippen molar-refractivity contribution in [3.05, 3.63) is 64.7 Å². The second kappa shape index (κ2) is 8.11. The highest BCUT2D eigenvalue weighted by Gasteiger charge is 2.24. The van der Waals surface area contributed by atoms with Crippen LogP contribution in [0.1, 0.15) is 35.6 Å². The van der Waals surface area contributed by atoms with Crippen molar-refractivity contribution in [2.24, 2.45) is 0 Å². The van der Waals surface area contributed by atoms with E-state index < -0.39 is 5.54 Å². The Kier molecular flexibility index (Phi) is 6.16. The molecule has 1 unspecified atom stereocenters. The Hall–Kier alpha value is -2.13. The first-order valence-electron chi connectivity index (χ1n) is 8.48. The van der Waals surface area contributed by atoms with Crippen LogP contribution < -0.4 is 5.32 Å². The van der Waals surface area contributed by atoms with Crippen LogP contribution >= 0.6 is 0 Å². The van der Waals surface area contributed by atoms with E-state index >= 15 is 0 Å². The predicted octanol–water partition coefficient (Wildman–Crippen LogP) is 3.73. The second-order valence-corrected chi connectivity index (χ2v) is 6.79. The van der Waals surface area contributed by atoms with Crippen molar-refractivity contribution in [2.75, 3.05) is 6.54 Å². The van der Waals surface area contributed by atoms with Gasteiger partial charge in [0.05, 0.1) is 5.54 Å². The van der Waals surface area contributed by atoms with Crippen molar-refractivity contribution in [1.82, 2.24) is 5.32 Å². The molecule has 1 atom stereocenters. The van der Waals surface area contributed by atoms with Gasteiger partial charge in [-0.2, -0.15) is 0 Å². The van der Waals surface area contributed by atoms with Crippen LogP contribution in [-0.4, -0.2) is 23.5 Å². The van der Waals surface area contributed by atoms with Gasteiger partial charge in [-0.05, 0) is 81.0 Å². The summed E-state index contributed by atoms with van der Waals surface area (Å²) in [6.07, 6.45) is 3.61. The number of hydrogen-bond acceptors (Lipinski definition) is 3. The van der Waals surface area contributed by atoms with Gasteiger partial charge >= 0.3 is 0 Å². The molecule has 2 rings (SSSR count). The average molecular weight is 325 g/mol. The summed E-state index contributed by atoms with van der Waals surface area (Å²) >= 11 is 0. The molecule has 0 radical (unpaired) electrons. The van der Waals surface area contributed by atoms with Crippen molar-refractivity contribution >= 4 is 6.29 Å². The van der Waals surface area contributed by atoms with Crippen molar-refractivity contribution < 1.29 is 9.90 Å². The van der Waals surface area contributed by atoms with Crippen LogP contribution in [0, 0.1) is 13.8 Å². The number of carbonyl (C=O) groups is 1. The van der Waals surface area contributed by atoms with Gasteiger partial charge in [0.2, 0.25) is 0 Å². The van der Waals surface area contributed by atoms with Gasteiger partial charge in [0, 0.05) is 0 Å². The van der Waals surface area contributed by atoms with Crippen molar-refractivity contribution in [3.8, 4) is 5.75 Å². The highest BCUT2D eigenvalue weighted by atomic mass is 16.3. The van der Waals surface area contributed by atoms with Gasteiger partial charge in [-0.1, -0.05) is 30.3 Å². The van der Waals surface area contributed by atoms with Crippen LogP contribution in [0.15, 0.2) is 42.5 Å². The molecule has 0 saturated heterocycles. The van der Waals surface area contributed by atoms with Gasteiger partial charge in [0.15, 0.2) is 0 Å². The summed E-state index contributed by atoms with van der Waals surface area (Å²) < 4.78 is 0. The van der Waals surface area contributed by atoms with Crippen LogP contribution in [0.5, 0.6) is 5.75 Å². The van der Waals surface area contributed by atoms with Crippen molar-refractivity contribution in [3.63, 3.8) is 0 Å². The molecule has 24 heavy (non-hydrogen) atoms. The number of aldehydes is 1. The molecule has 0 bridgehead atoms. The van der Waals surface area contributed by atoms with E-state index in [2.05, 4.69) is 29.6 Å². The summed E-state index contributed by atoms with van der Waals surface area (Å²) in [4.78, 5) is 11.7. The Morgan fingerprint density at radius 2 is 1.75 bits per heavy atom. The summed E-state index contributed by atoms with van der Waals surface area (Å²) in [5.74, 6) is 0.275. The third kappa shape index (κ3) is 4.93. The fraction of sp³-hybridized carbons (Fsp3) is 0.381. The van der Waals surface area contributed by atoms with E-state index in [9.17, 15) is 9.90 Å². The van der Waals surface area contributed by atoms with E-state index in [-0.39, 0.29) is 5.75 Å². The van der Waals surface area contributed by atoms with E-state index in [0.29, 0.717) is 6.42 Å². The number of hydrogen-bond donors (Lipinski definition) is 2. The summed E-state index contributed by atoms with van der Waals surface area (Å²) in [5, 5.41) is 13.1. The highest BCUT2D eigenvalue weighted by molar-refractivity contribution is 5.65. The second-order valence-electron chi connectivity index (χ2n) is 6.79. The van der Waals surface area contributed by atoms with Crippen LogP contribution in [0.4, 0.5) is 0 Å². The zero-order chi connectivity index (χ0) is 17.6. The molecule has 0 spiro atoms. The van der Waals surface area contributed by atoms with E-state index in [1.165, 1.54) is 5.56 Å². The van der Waals surface area contributed by atoms with Crippen LogP contribution in [0.3, 0.4) is 0 Å². The summed E-state index contributed by atoms with van der Waals surface area (Å²) in [5.41, 5.74) is 3.89. The third-order valence-corrected chi connectivity index (χ3v) is 4.50. The lowest BCUT2D eigenvalue weighted by molar-refractivity contribution is -0.112. The van der Waals surface area contributed by atoms with Gasteiger partial charge < -0.3 is 15.2 Å². The normalized spacial score (nSPS) is 13.5. The lowest BCUT2D eigenvalue weighted by Crippen LogP contribution is -2.46. The maximum absolute atomic E-state index is 11.7. The molecule has 0 aliphatic heterocycles. The fourth-order valence-corrected chi connectivity index (χ4v) is 3.07. The number of benzene rings is 2. The molecule has 2 N–H and O–H groups in total. The topological polar surface area (TPSA) is 49.3 Å². The maximum Gasteiger partial charge on any atom is 0.140 e. The van der Waals surface area contributed by atoms with Gasteiger partial charge in [-0.15, -0.1) is 0 Å². The first kappa shape index (κ1) is 18.2. The number of phenols is 1. The molecule has 0 saturated carbocycles. The van der Waals surface area contributed by atoms with Gasteiger partial charge in [-0.3, -0.25) is 0 Å². The first-order chi connectivity index (χ1) is 11.4. The molecule has 0 heterocycles. The maximum atomic E-state index is 11.7. The lowest BCUT2D eigenvalue weighted by Gasteiger charge is -2.27. The number of carbonyl (C=O) groups excluding carboxylic acids is 1. The molecule has 2 aromatic carbocycles. The number of nitrogens with one attached hydrogen (secondary N) is 1. The molecule has 0 aromatic heterocycles. The average Bonchev–Trinajstić information content (AvgIpc) is 2.56.